The van der Waals surface area contributed by atoms with Crippen molar-refractivity contribution < 1.29 is 9.47 Å². The van der Waals surface area contributed by atoms with Crippen LogP contribution in [0.4, 0.5) is 0 Å². The van der Waals surface area contributed by atoms with Gasteiger partial charge in [0.2, 0.25) is 0 Å². The van der Waals surface area contributed by atoms with Gasteiger partial charge in [-0.1, -0.05) is 32.6 Å². The van der Waals surface area contributed by atoms with Gasteiger partial charge in [-0.2, -0.15) is 0 Å². The maximum Gasteiger partial charge on any atom is 0.0594 e. The second-order valence-electron chi connectivity index (χ2n) is 4.83. The van der Waals surface area contributed by atoms with Crippen molar-refractivity contribution in [3.8, 4) is 0 Å². The first kappa shape index (κ1) is 17.9. The highest BCUT2D eigenvalue weighted by molar-refractivity contribution is 4.53. The van der Waals surface area contributed by atoms with Gasteiger partial charge in [0.1, 0.15) is 0 Å². The highest BCUT2D eigenvalue weighted by Gasteiger charge is 2.01. The van der Waals surface area contributed by atoms with Crippen LogP contribution >= 0.6 is 0 Å². The highest BCUT2D eigenvalue weighted by Crippen LogP contribution is 2.07. The van der Waals surface area contributed by atoms with E-state index in [0.717, 1.165) is 39.3 Å². The second kappa shape index (κ2) is 14.9. The maximum absolute atomic E-state index is 5.76. The standard InChI is InChI=1S/C15H33NO2/c1-4-6-7-8-10-15(3)18-14-12-16-11-9-13-17-5-2/h15-16H,4-14H2,1-3H3. The second-order valence-corrected chi connectivity index (χ2v) is 4.83. The summed E-state index contributed by atoms with van der Waals surface area (Å²) in [6.45, 7) is 10.9. The lowest BCUT2D eigenvalue weighted by Crippen LogP contribution is -2.23. The van der Waals surface area contributed by atoms with Gasteiger partial charge >= 0.3 is 0 Å². The average molecular weight is 259 g/mol. The summed E-state index contributed by atoms with van der Waals surface area (Å²) in [4.78, 5) is 0. The molecule has 0 aromatic rings. The molecular formula is C15H33NO2. The zero-order valence-corrected chi connectivity index (χ0v) is 12.7. The van der Waals surface area contributed by atoms with Crippen LogP contribution in [0.2, 0.25) is 0 Å². The van der Waals surface area contributed by atoms with Crippen LogP contribution in [0, 0.1) is 0 Å². The SMILES string of the molecule is CCCCCCC(C)OCCNCCCOCC. The van der Waals surface area contributed by atoms with Crippen molar-refractivity contribution in [3.63, 3.8) is 0 Å². The fourth-order valence-corrected chi connectivity index (χ4v) is 1.84. The van der Waals surface area contributed by atoms with Crippen LogP contribution < -0.4 is 5.32 Å². The summed E-state index contributed by atoms with van der Waals surface area (Å²) in [6.07, 6.45) is 8.00. The molecular weight excluding hydrogens is 226 g/mol. The molecule has 0 aliphatic carbocycles. The van der Waals surface area contributed by atoms with Gasteiger partial charge < -0.3 is 14.8 Å². The van der Waals surface area contributed by atoms with E-state index < -0.39 is 0 Å². The Balaban J connectivity index is 3.08. The highest BCUT2D eigenvalue weighted by atomic mass is 16.5. The molecule has 0 rings (SSSR count). The normalized spacial score (nSPS) is 12.8. The summed E-state index contributed by atoms with van der Waals surface area (Å²) < 4.78 is 11.0. The quantitative estimate of drug-likeness (QED) is 0.485. The molecule has 0 bridgehead atoms. The zero-order chi connectivity index (χ0) is 13.5. The van der Waals surface area contributed by atoms with Gasteiger partial charge in [0.25, 0.3) is 0 Å². The van der Waals surface area contributed by atoms with Crippen molar-refractivity contribution in [1.82, 2.24) is 5.32 Å². The molecule has 1 N–H and O–H groups in total. The van der Waals surface area contributed by atoms with Crippen molar-refractivity contribution in [1.29, 1.82) is 0 Å². The summed E-state index contributed by atoms with van der Waals surface area (Å²) in [7, 11) is 0. The Labute approximate surface area is 114 Å². The van der Waals surface area contributed by atoms with Crippen molar-refractivity contribution in [2.24, 2.45) is 0 Å². The van der Waals surface area contributed by atoms with E-state index in [9.17, 15) is 0 Å². The molecule has 18 heavy (non-hydrogen) atoms. The van der Waals surface area contributed by atoms with E-state index in [1.165, 1.54) is 32.1 Å². The molecule has 0 aromatic heterocycles. The first-order valence-electron chi connectivity index (χ1n) is 7.71. The molecule has 3 heteroatoms. The predicted octanol–water partition coefficient (Wildman–Crippen LogP) is 3.38. The van der Waals surface area contributed by atoms with Gasteiger partial charge in [0, 0.05) is 19.8 Å². The molecule has 0 heterocycles. The van der Waals surface area contributed by atoms with Crippen molar-refractivity contribution in [2.45, 2.75) is 65.4 Å². The van der Waals surface area contributed by atoms with Crippen molar-refractivity contribution in [2.75, 3.05) is 32.9 Å². The summed E-state index contributed by atoms with van der Waals surface area (Å²) in [5, 5.41) is 3.37. The summed E-state index contributed by atoms with van der Waals surface area (Å²) in [5.74, 6) is 0. The Kier molecular flexibility index (Phi) is 14.8. The van der Waals surface area contributed by atoms with Gasteiger partial charge in [-0.05, 0) is 33.2 Å². The van der Waals surface area contributed by atoms with Crippen LogP contribution in [0.5, 0.6) is 0 Å². The maximum atomic E-state index is 5.76. The molecule has 0 fully saturated rings. The van der Waals surface area contributed by atoms with Crippen LogP contribution in [0.3, 0.4) is 0 Å². The van der Waals surface area contributed by atoms with Crippen molar-refractivity contribution in [3.05, 3.63) is 0 Å². The third-order valence-electron chi connectivity index (χ3n) is 2.99. The largest absolute Gasteiger partial charge is 0.382 e. The molecule has 110 valence electrons. The first-order chi connectivity index (χ1) is 8.81. The Bertz CT molecular complexity index is 153. The van der Waals surface area contributed by atoms with E-state index in [2.05, 4.69) is 19.2 Å². The van der Waals surface area contributed by atoms with Gasteiger partial charge in [0.15, 0.2) is 0 Å². The number of nitrogens with one attached hydrogen (secondary N) is 1. The van der Waals surface area contributed by atoms with Gasteiger partial charge in [-0.25, -0.2) is 0 Å². The third kappa shape index (κ3) is 13.9. The van der Waals surface area contributed by atoms with E-state index in [1.54, 1.807) is 0 Å². The minimum absolute atomic E-state index is 0.409. The van der Waals surface area contributed by atoms with Gasteiger partial charge in [0.05, 0.1) is 12.7 Å². The predicted molar refractivity (Wildman–Crippen MR) is 78.2 cm³/mol. The molecule has 0 aliphatic heterocycles. The van der Waals surface area contributed by atoms with Gasteiger partial charge in [-0.15, -0.1) is 0 Å². The van der Waals surface area contributed by atoms with E-state index >= 15 is 0 Å². The number of ether oxygens (including phenoxy) is 2. The lowest BCUT2D eigenvalue weighted by Gasteiger charge is -2.13. The van der Waals surface area contributed by atoms with E-state index in [0.29, 0.717) is 6.10 Å². The topological polar surface area (TPSA) is 30.5 Å². The number of hydrogen-bond acceptors (Lipinski definition) is 3. The smallest absolute Gasteiger partial charge is 0.0594 e. The zero-order valence-electron chi connectivity index (χ0n) is 12.7. The Hall–Kier alpha value is -0.120. The molecule has 0 spiro atoms. The fraction of sp³-hybridized carbons (Fsp3) is 1.00. The fourth-order valence-electron chi connectivity index (χ4n) is 1.84. The molecule has 3 nitrogen and oxygen atoms in total. The monoisotopic (exact) mass is 259 g/mol. The summed E-state index contributed by atoms with van der Waals surface area (Å²) in [5.41, 5.74) is 0. The van der Waals surface area contributed by atoms with E-state index in [-0.39, 0.29) is 0 Å². The molecule has 0 saturated carbocycles. The molecule has 1 atom stereocenters. The minimum atomic E-state index is 0.409. The third-order valence-corrected chi connectivity index (χ3v) is 2.99. The lowest BCUT2D eigenvalue weighted by molar-refractivity contribution is 0.0600. The van der Waals surface area contributed by atoms with Crippen LogP contribution in [-0.2, 0) is 9.47 Å². The molecule has 0 aromatic carbocycles. The molecule has 0 aliphatic rings. The van der Waals surface area contributed by atoms with Crippen LogP contribution in [0.1, 0.15) is 59.3 Å². The molecule has 0 saturated heterocycles. The Morgan fingerprint density at radius 2 is 1.78 bits per heavy atom. The van der Waals surface area contributed by atoms with Crippen molar-refractivity contribution >= 4 is 0 Å². The number of unbranched alkanes of at least 4 members (excludes halogenated alkanes) is 3. The minimum Gasteiger partial charge on any atom is -0.382 e. The van der Waals surface area contributed by atoms with Gasteiger partial charge in [-0.3, -0.25) is 0 Å². The first-order valence-corrected chi connectivity index (χ1v) is 7.71. The number of hydrogen-bond donors (Lipinski definition) is 1. The van der Waals surface area contributed by atoms with E-state index in [1.807, 2.05) is 6.92 Å². The Morgan fingerprint density at radius 3 is 2.50 bits per heavy atom. The van der Waals surface area contributed by atoms with Crippen LogP contribution in [0.15, 0.2) is 0 Å². The summed E-state index contributed by atoms with van der Waals surface area (Å²) >= 11 is 0. The molecule has 1 unspecified atom stereocenters. The molecule has 0 radical (unpaired) electrons. The number of rotatable bonds is 14. The lowest BCUT2D eigenvalue weighted by atomic mass is 10.1. The summed E-state index contributed by atoms with van der Waals surface area (Å²) in [6, 6.07) is 0. The van der Waals surface area contributed by atoms with Crippen LogP contribution in [0.25, 0.3) is 0 Å². The molecule has 0 amide bonds. The van der Waals surface area contributed by atoms with Crippen LogP contribution in [-0.4, -0.2) is 39.0 Å². The Morgan fingerprint density at radius 1 is 0.944 bits per heavy atom. The average Bonchev–Trinajstić information content (AvgIpc) is 2.38. The van der Waals surface area contributed by atoms with E-state index in [4.69, 9.17) is 9.47 Å².